The Kier molecular flexibility index (Phi) is 5.93. The van der Waals surface area contributed by atoms with Gasteiger partial charge in [-0.25, -0.2) is 0 Å². The van der Waals surface area contributed by atoms with Gasteiger partial charge in [0.15, 0.2) is 0 Å². The molecule has 0 aliphatic rings. The van der Waals surface area contributed by atoms with Gasteiger partial charge in [0.05, 0.1) is 5.56 Å². The predicted molar refractivity (Wildman–Crippen MR) is 44.6 cm³/mol. The van der Waals surface area contributed by atoms with Crippen molar-refractivity contribution in [1.29, 1.82) is 5.26 Å². The van der Waals surface area contributed by atoms with Crippen molar-refractivity contribution >= 4 is 67.3 Å². The van der Waals surface area contributed by atoms with Crippen LogP contribution in [0.15, 0.2) is 28.7 Å². The second-order valence-electron chi connectivity index (χ2n) is 1.59. The Balaban J connectivity index is 0.000000810. The van der Waals surface area contributed by atoms with Crippen LogP contribution in [0.4, 0.5) is 0 Å². The minimum absolute atomic E-state index is 0. The molecule has 0 spiro atoms. The predicted octanol–water partition coefficient (Wildman–Crippen LogP) is 1.94. The summed E-state index contributed by atoms with van der Waals surface area (Å²) >= 11 is 3.23. The first-order valence-electron chi connectivity index (χ1n) is 2.49. The van der Waals surface area contributed by atoms with Gasteiger partial charge in [0.25, 0.3) is 0 Å². The summed E-state index contributed by atoms with van der Waals surface area (Å²) in [6.07, 6.45) is 0. The van der Waals surface area contributed by atoms with Crippen LogP contribution in [0.5, 0.6) is 0 Å². The summed E-state index contributed by atoms with van der Waals surface area (Å²) < 4.78 is 0.854. The number of rotatable bonds is 0. The van der Waals surface area contributed by atoms with E-state index >= 15 is 0 Å². The van der Waals surface area contributed by atoms with E-state index in [0.29, 0.717) is 5.56 Å². The molecule has 0 atom stereocenters. The molecule has 0 fully saturated rings. The van der Waals surface area contributed by atoms with E-state index in [9.17, 15) is 0 Å². The Morgan fingerprint density at radius 1 is 1.30 bits per heavy atom. The van der Waals surface area contributed by atoms with Crippen LogP contribution in [0.25, 0.3) is 0 Å². The maximum absolute atomic E-state index is 8.44. The molecule has 1 aromatic carbocycles. The van der Waals surface area contributed by atoms with E-state index in [0.717, 1.165) is 4.47 Å². The molecule has 45 valence electrons. The first-order chi connectivity index (χ1) is 4.34. The van der Waals surface area contributed by atoms with Gasteiger partial charge in [0, 0.05) is 55.9 Å². The second-order valence-corrected chi connectivity index (χ2v) is 2.45. The molecule has 1 rings (SSSR count). The van der Waals surface area contributed by atoms with Gasteiger partial charge in [0.1, 0.15) is 6.07 Å². The Bertz CT molecular complexity index is 254. The van der Waals surface area contributed by atoms with Crippen LogP contribution in [0.2, 0.25) is 0 Å². The zero-order valence-electron chi connectivity index (χ0n) is 5.63. The molecule has 1 aromatic rings. The van der Waals surface area contributed by atoms with Gasteiger partial charge in [-0.15, -0.1) is 0 Å². The fraction of sp³-hybridized carbons (Fsp3) is 0. The number of hydrogen-bond acceptors (Lipinski definition) is 1. The summed E-state index contributed by atoms with van der Waals surface area (Å²) in [7, 11) is 0. The molecule has 3 heteroatoms. The van der Waals surface area contributed by atoms with Crippen molar-refractivity contribution in [2.24, 2.45) is 0 Å². The third-order valence-electron chi connectivity index (χ3n) is 0.994. The summed E-state index contributed by atoms with van der Waals surface area (Å²) in [5.41, 5.74) is 0.678. The smallest absolute Gasteiger partial charge is 0.100 e. The summed E-state index contributed by atoms with van der Waals surface area (Å²) in [6.45, 7) is 0. The summed E-state index contributed by atoms with van der Waals surface area (Å²) in [5.74, 6) is 0. The third kappa shape index (κ3) is 2.83. The normalized spacial score (nSPS) is 7.60. The quantitative estimate of drug-likeness (QED) is 0.614. The van der Waals surface area contributed by atoms with Crippen LogP contribution < -0.4 is 0 Å². The number of nitriles is 1. The molecule has 0 unspecified atom stereocenters. The number of benzene rings is 1. The summed E-state index contributed by atoms with van der Waals surface area (Å²) in [5, 5.41) is 8.44. The molecular weight excluding hydrogens is 217 g/mol. The Morgan fingerprint density at radius 3 is 2.30 bits per heavy atom. The maximum atomic E-state index is 8.44. The third-order valence-corrected chi connectivity index (χ3v) is 1.69. The van der Waals surface area contributed by atoms with Crippen molar-refractivity contribution in [2.45, 2.75) is 0 Å². The van der Waals surface area contributed by atoms with Gasteiger partial charge < -0.3 is 0 Å². The molecule has 0 aromatic heterocycles. The van der Waals surface area contributed by atoms with Crippen LogP contribution in [-0.2, 0) is 0 Å². The van der Waals surface area contributed by atoms with E-state index in [1.165, 1.54) is 0 Å². The number of nitrogens with zero attached hydrogens (tertiary/aromatic N) is 1. The van der Waals surface area contributed by atoms with Gasteiger partial charge in [-0.3, -0.25) is 0 Å². The Labute approximate surface area is 111 Å². The van der Waals surface area contributed by atoms with E-state index in [4.69, 9.17) is 5.26 Å². The van der Waals surface area contributed by atoms with Gasteiger partial charge in [-0.1, -0.05) is 12.1 Å². The topological polar surface area (TPSA) is 23.8 Å². The monoisotopic (exact) mass is 220 g/mol. The van der Waals surface area contributed by atoms with Crippen molar-refractivity contribution in [1.82, 2.24) is 0 Å². The fourth-order valence-electron chi connectivity index (χ4n) is 0.552. The maximum Gasteiger partial charge on any atom is 0.100 e. The Morgan fingerprint density at radius 2 is 1.90 bits per heavy atom. The van der Waals surface area contributed by atoms with Crippen LogP contribution in [-0.4, -0.2) is 51.4 Å². The molecular formula is C7H4BrKN. The Hall–Kier alpha value is 0.826. The van der Waals surface area contributed by atoms with E-state index in [1.54, 1.807) is 6.07 Å². The van der Waals surface area contributed by atoms with Crippen molar-refractivity contribution in [3.8, 4) is 6.07 Å². The first kappa shape index (κ1) is 10.8. The van der Waals surface area contributed by atoms with Gasteiger partial charge in [0.2, 0.25) is 0 Å². The molecule has 0 N–H and O–H groups in total. The molecule has 0 aliphatic heterocycles. The molecule has 0 heterocycles. The van der Waals surface area contributed by atoms with Crippen LogP contribution >= 0.6 is 15.9 Å². The molecule has 10 heavy (non-hydrogen) atoms. The summed E-state index contributed by atoms with van der Waals surface area (Å²) in [6, 6.07) is 9.38. The largest absolute Gasteiger partial charge is 0.192 e. The molecule has 0 aliphatic carbocycles. The van der Waals surface area contributed by atoms with Crippen molar-refractivity contribution < 1.29 is 0 Å². The molecule has 0 saturated carbocycles. The number of hydrogen-bond donors (Lipinski definition) is 0. The van der Waals surface area contributed by atoms with E-state index in [-0.39, 0.29) is 51.4 Å². The van der Waals surface area contributed by atoms with Crippen molar-refractivity contribution in [3.63, 3.8) is 0 Å². The second kappa shape index (κ2) is 5.47. The van der Waals surface area contributed by atoms with E-state index < -0.39 is 0 Å². The summed E-state index contributed by atoms with van der Waals surface area (Å²) in [4.78, 5) is 0. The molecule has 1 nitrogen and oxygen atoms in total. The minimum atomic E-state index is 0. The first-order valence-corrected chi connectivity index (χ1v) is 3.28. The van der Waals surface area contributed by atoms with Gasteiger partial charge in [-0.05, 0) is 28.1 Å². The van der Waals surface area contributed by atoms with Crippen LogP contribution in [0.3, 0.4) is 0 Å². The molecule has 0 saturated heterocycles. The SMILES string of the molecule is N#Cc1ccccc1Br.[K]. The molecule has 1 radical (unpaired) electrons. The van der Waals surface area contributed by atoms with E-state index in [1.807, 2.05) is 24.3 Å². The fourth-order valence-corrected chi connectivity index (χ4v) is 0.925. The van der Waals surface area contributed by atoms with Crippen molar-refractivity contribution in [3.05, 3.63) is 34.3 Å². The van der Waals surface area contributed by atoms with Gasteiger partial charge >= 0.3 is 0 Å². The van der Waals surface area contributed by atoms with Gasteiger partial charge in [-0.2, -0.15) is 5.26 Å². The minimum Gasteiger partial charge on any atom is -0.192 e. The van der Waals surface area contributed by atoms with Crippen LogP contribution in [0.1, 0.15) is 5.56 Å². The van der Waals surface area contributed by atoms with Crippen LogP contribution in [0, 0.1) is 11.3 Å². The van der Waals surface area contributed by atoms with Crippen molar-refractivity contribution in [2.75, 3.05) is 0 Å². The molecule has 0 bridgehead atoms. The van der Waals surface area contributed by atoms with E-state index in [2.05, 4.69) is 15.9 Å². The zero-order chi connectivity index (χ0) is 6.69. The molecule has 0 amide bonds. The number of halogens is 1. The average molecular weight is 221 g/mol. The standard InChI is InChI=1S/C7H4BrN.K/c8-7-4-2-1-3-6(7)5-9;/h1-4H;. The zero-order valence-corrected chi connectivity index (χ0v) is 10.3. The average Bonchev–Trinajstić information content (AvgIpc) is 1.89.